The van der Waals surface area contributed by atoms with Gasteiger partial charge in [-0.15, -0.1) is 0 Å². The van der Waals surface area contributed by atoms with Crippen molar-refractivity contribution in [2.75, 3.05) is 17.7 Å². The Balaban J connectivity index is 2.85. The number of benzene rings is 1. The first kappa shape index (κ1) is 15.0. The summed E-state index contributed by atoms with van der Waals surface area (Å²) in [5, 5.41) is 8.86. The predicted octanol–water partition coefficient (Wildman–Crippen LogP) is 2.37. The second-order valence-electron chi connectivity index (χ2n) is 4.96. The number of carbonyl (C=O) groups excluding carboxylic acids is 1. The van der Waals surface area contributed by atoms with Gasteiger partial charge in [0.2, 0.25) is 5.91 Å². The Labute approximate surface area is 113 Å². The Kier molecular flexibility index (Phi) is 4.92. The van der Waals surface area contributed by atoms with Crippen LogP contribution in [-0.2, 0) is 4.79 Å². The predicted molar refractivity (Wildman–Crippen MR) is 75.3 cm³/mol. The molecule has 0 radical (unpaired) electrons. The lowest BCUT2D eigenvalue weighted by molar-refractivity contribution is -0.118. The van der Waals surface area contributed by atoms with Crippen molar-refractivity contribution in [3.05, 3.63) is 23.8 Å². The van der Waals surface area contributed by atoms with E-state index in [2.05, 4.69) is 13.8 Å². The quantitative estimate of drug-likeness (QED) is 0.800. The molecule has 5 heteroatoms. The van der Waals surface area contributed by atoms with Crippen LogP contribution >= 0.6 is 0 Å². The van der Waals surface area contributed by atoms with Gasteiger partial charge in [0, 0.05) is 13.5 Å². The van der Waals surface area contributed by atoms with Crippen LogP contribution in [0.15, 0.2) is 18.2 Å². The number of nitrogens with zero attached hydrogens (tertiary/aromatic N) is 1. The average molecular weight is 264 g/mol. The molecule has 0 aromatic heterocycles. The molecular weight excluding hydrogens is 244 g/mol. The molecule has 0 aliphatic carbocycles. The lowest BCUT2D eigenvalue weighted by atomic mass is 10.1. The molecule has 1 amide bonds. The molecule has 0 atom stereocenters. The minimum Gasteiger partial charge on any atom is -0.478 e. The summed E-state index contributed by atoms with van der Waals surface area (Å²) in [6.45, 7) is 4.12. The standard InChI is InChI=1S/C14H20N2O3/c1-9(2)4-7-13(17)16(3)12-6-5-10(14(18)19)8-11(12)15/h5-6,8-9H,4,7,15H2,1-3H3,(H,18,19). The lowest BCUT2D eigenvalue weighted by Crippen LogP contribution is -2.27. The first-order valence-electron chi connectivity index (χ1n) is 6.22. The van der Waals surface area contributed by atoms with Crippen LogP contribution in [0.4, 0.5) is 11.4 Å². The number of nitrogens with two attached hydrogens (primary N) is 1. The smallest absolute Gasteiger partial charge is 0.335 e. The van der Waals surface area contributed by atoms with E-state index in [0.29, 0.717) is 23.7 Å². The van der Waals surface area contributed by atoms with Crippen molar-refractivity contribution in [2.24, 2.45) is 5.92 Å². The Morgan fingerprint density at radius 3 is 2.47 bits per heavy atom. The highest BCUT2D eigenvalue weighted by atomic mass is 16.4. The lowest BCUT2D eigenvalue weighted by Gasteiger charge is -2.20. The summed E-state index contributed by atoms with van der Waals surface area (Å²) in [5.41, 5.74) is 6.74. The van der Waals surface area contributed by atoms with Crippen molar-refractivity contribution in [1.82, 2.24) is 0 Å². The molecule has 5 nitrogen and oxygen atoms in total. The second-order valence-corrected chi connectivity index (χ2v) is 4.96. The molecule has 104 valence electrons. The molecule has 0 spiro atoms. The molecule has 1 aromatic rings. The largest absolute Gasteiger partial charge is 0.478 e. The maximum atomic E-state index is 12.0. The molecular formula is C14H20N2O3. The molecule has 3 N–H and O–H groups in total. The number of hydrogen-bond donors (Lipinski definition) is 2. The minimum absolute atomic E-state index is 0.0246. The van der Waals surface area contributed by atoms with Crippen LogP contribution in [0, 0.1) is 5.92 Å². The Morgan fingerprint density at radius 1 is 1.37 bits per heavy atom. The Hall–Kier alpha value is -2.04. The SMILES string of the molecule is CC(C)CCC(=O)N(C)c1ccc(C(=O)O)cc1N. The van der Waals surface area contributed by atoms with E-state index < -0.39 is 5.97 Å². The summed E-state index contributed by atoms with van der Waals surface area (Å²) in [6, 6.07) is 4.37. The van der Waals surface area contributed by atoms with Crippen molar-refractivity contribution in [2.45, 2.75) is 26.7 Å². The first-order chi connectivity index (χ1) is 8.82. The summed E-state index contributed by atoms with van der Waals surface area (Å²) in [7, 11) is 1.65. The molecule has 0 saturated heterocycles. The van der Waals surface area contributed by atoms with Gasteiger partial charge in [0.1, 0.15) is 0 Å². The number of carboxylic acid groups (broad SMARTS) is 1. The number of aromatic carboxylic acids is 1. The van der Waals surface area contributed by atoms with Crippen LogP contribution < -0.4 is 10.6 Å². The molecule has 19 heavy (non-hydrogen) atoms. The van der Waals surface area contributed by atoms with Crippen molar-refractivity contribution in [3.63, 3.8) is 0 Å². The zero-order valence-electron chi connectivity index (χ0n) is 11.5. The third-order valence-corrected chi connectivity index (χ3v) is 2.95. The highest BCUT2D eigenvalue weighted by molar-refractivity contribution is 5.97. The maximum absolute atomic E-state index is 12.0. The number of hydrogen-bond acceptors (Lipinski definition) is 3. The van der Waals surface area contributed by atoms with Crippen LogP contribution in [-0.4, -0.2) is 24.0 Å². The molecule has 0 unspecified atom stereocenters. The van der Waals surface area contributed by atoms with E-state index in [0.717, 1.165) is 6.42 Å². The van der Waals surface area contributed by atoms with Gasteiger partial charge in [-0.3, -0.25) is 4.79 Å². The molecule has 0 fully saturated rings. The van der Waals surface area contributed by atoms with Crippen LogP contribution in [0.5, 0.6) is 0 Å². The number of carboxylic acids is 1. The fourth-order valence-electron chi connectivity index (χ4n) is 1.71. The zero-order valence-corrected chi connectivity index (χ0v) is 11.5. The van der Waals surface area contributed by atoms with Gasteiger partial charge in [-0.1, -0.05) is 13.8 Å². The van der Waals surface area contributed by atoms with Gasteiger partial charge in [-0.05, 0) is 30.5 Å². The van der Waals surface area contributed by atoms with E-state index in [-0.39, 0.29) is 11.5 Å². The summed E-state index contributed by atoms with van der Waals surface area (Å²) in [4.78, 5) is 24.3. The average Bonchev–Trinajstić information content (AvgIpc) is 2.34. The molecule has 0 saturated carbocycles. The van der Waals surface area contributed by atoms with Crippen LogP contribution in [0.25, 0.3) is 0 Å². The van der Waals surface area contributed by atoms with Crippen molar-refractivity contribution in [3.8, 4) is 0 Å². The molecule has 0 heterocycles. The topological polar surface area (TPSA) is 83.6 Å². The molecule has 0 bridgehead atoms. The summed E-state index contributed by atoms with van der Waals surface area (Å²) < 4.78 is 0. The second kappa shape index (κ2) is 6.22. The van der Waals surface area contributed by atoms with Gasteiger partial charge >= 0.3 is 5.97 Å². The van der Waals surface area contributed by atoms with Gasteiger partial charge in [0.25, 0.3) is 0 Å². The van der Waals surface area contributed by atoms with Crippen molar-refractivity contribution in [1.29, 1.82) is 0 Å². The number of anilines is 2. The zero-order chi connectivity index (χ0) is 14.6. The van der Waals surface area contributed by atoms with Gasteiger partial charge in [0.05, 0.1) is 16.9 Å². The first-order valence-corrected chi connectivity index (χ1v) is 6.22. The van der Waals surface area contributed by atoms with E-state index >= 15 is 0 Å². The van der Waals surface area contributed by atoms with E-state index in [1.54, 1.807) is 13.1 Å². The third kappa shape index (κ3) is 3.98. The summed E-state index contributed by atoms with van der Waals surface area (Å²) in [5.74, 6) is -0.598. The minimum atomic E-state index is -1.04. The Bertz CT molecular complexity index is 484. The molecule has 0 aliphatic heterocycles. The fraction of sp³-hybridized carbons (Fsp3) is 0.429. The van der Waals surface area contributed by atoms with E-state index in [4.69, 9.17) is 10.8 Å². The van der Waals surface area contributed by atoms with Crippen molar-refractivity contribution >= 4 is 23.3 Å². The highest BCUT2D eigenvalue weighted by Gasteiger charge is 2.15. The molecule has 1 aromatic carbocycles. The summed E-state index contributed by atoms with van der Waals surface area (Å²) in [6.07, 6.45) is 1.27. The number of carbonyl (C=O) groups is 2. The molecule has 1 rings (SSSR count). The van der Waals surface area contributed by atoms with E-state index in [1.807, 2.05) is 0 Å². The fourth-order valence-corrected chi connectivity index (χ4v) is 1.71. The number of amides is 1. The number of rotatable bonds is 5. The third-order valence-electron chi connectivity index (χ3n) is 2.95. The highest BCUT2D eigenvalue weighted by Crippen LogP contribution is 2.24. The monoisotopic (exact) mass is 264 g/mol. The van der Waals surface area contributed by atoms with Crippen LogP contribution in [0.1, 0.15) is 37.0 Å². The molecule has 0 aliphatic rings. The normalized spacial score (nSPS) is 10.5. The van der Waals surface area contributed by atoms with Crippen LogP contribution in [0.2, 0.25) is 0 Å². The Morgan fingerprint density at radius 2 is 2.00 bits per heavy atom. The van der Waals surface area contributed by atoms with E-state index in [1.165, 1.54) is 17.0 Å². The van der Waals surface area contributed by atoms with Crippen LogP contribution in [0.3, 0.4) is 0 Å². The van der Waals surface area contributed by atoms with Gasteiger partial charge in [0.15, 0.2) is 0 Å². The van der Waals surface area contributed by atoms with Gasteiger partial charge in [-0.2, -0.15) is 0 Å². The summed E-state index contributed by atoms with van der Waals surface area (Å²) >= 11 is 0. The number of nitrogen functional groups attached to an aromatic ring is 1. The van der Waals surface area contributed by atoms with Crippen molar-refractivity contribution < 1.29 is 14.7 Å². The maximum Gasteiger partial charge on any atom is 0.335 e. The van der Waals surface area contributed by atoms with Gasteiger partial charge < -0.3 is 15.7 Å². The van der Waals surface area contributed by atoms with Gasteiger partial charge in [-0.25, -0.2) is 4.79 Å². The van der Waals surface area contributed by atoms with E-state index in [9.17, 15) is 9.59 Å².